The smallest absolute Gasteiger partial charge is 0.253 e. The highest BCUT2D eigenvalue weighted by Gasteiger charge is 2.16. The SMILES string of the molecule is Cc1cnn(Cc2ccc3c(c2)N=Cc2cc(C(=O)NCc4c(C)cc(N)nc4C)cn2C3)c1. The van der Waals surface area contributed by atoms with E-state index in [1.807, 2.05) is 62.4 Å². The molecular formula is C26H27N7O. The summed E-state index contributed by atoms with van der Waals surface area (Å²) in [6, 6.07) is 10.0. The van der Waals surface area contributed by atoms with Gasteiger partial charge in [0.25, 0.3) is 5.91 Å². The fraction of sp³-hybridized carbons (Fsp3) is 0.231. The number of nitrogen functional groups attached to an aromatic ring is 1. The molecule has 4 heterocycles. The maximum absolute atomic E-state index is 12.9. The second kappa shape index (κ2) is 8.62. The van der Waals surface area contributed by atoms with Gasteiger partial charge >= 0.3 is 0 Å². The lowest BCUT2D eigenvalue weighted by molar-refractivity contribution is 0.0951. The molecule has 34 heavy (non-hydrogen) atoms. The molecule has 0 bridgehead atoms. The molecule has 3 N–H and O–H groups in total. The predicted molar refractivity (Wildman–Crippen MR) is 133 cm³/mol. The molecule has 0 unspecified atom stereocenters. The molecule has 0 fully saturated rings. The number of aromatic nitrogens is 4. The number of fused-ring (bicyclic) bond motifs is 2. The highest BCUT2D eigenvalue weighted by molar-refractivity contribution is 5.96. The Balaban J connectivity index is 1.30. The molecule has 8 heteroatoms. The van der Waals surface area contributed by atoms with Crippen LogP contribution in [0.4, 0.5) is 11.5 Å². The molecule has 0 saturated heterocycles. The van der Waals surface area contributed by atoms with Gasteiger partial charge in [-0.25, -0.2) is 4.98 Å². The summed E-state index contributed by atoms with van der Waals surface area (Å²) in [6.07, 6.45) is 7.59. The van der Waals surface area contributed by atoms with E-state index >= 15 is 0 Å². The van der Waals surface area contributed by atoms with Crippen molar-refractivity contribution in [3.05, 3.63) is 93.7 Å². The largest absolute Gasteiger partial charge is 0.384 e. The number of anilines is 1. The summed E-state index contributed by atoms with van der Waals surface area (Å²) >= 11 is 0. The average molecular weight is 454 g/mol. The molecule has 1 aliphatic heterocycles. The van der Waals surface area contributed by atoms with E-state index < -0.39 is 0 Å². The Labute approximate surface area is 198 Å². The monoisotopic (exact) mass is 453 g/mol. The quantitative estimate of drug-likeness (QED) is 0.424. The van der Waals surface area contributed by atoms with Crippen molar-refractivity contribution in [2.45, 2.75) is 40.4 Å². The molecule has 1 aliphatic rings. The normalized spacial score (nSPS) is 12.2. The number of amides is 1. The number of nitrogens with one attached hydrogen (secondary N) is 1. The van der Waals surface area contributed by atoms with E-state index in [1.165, 1.54) is 0 Å². The second-order valence-corrected chi connectivity index (χ2v) is 8.83. The van der Waals surface area contributed by atoms with Gasteiger partial charge < -0.3 is 15.6 Å². The van der Waals surface area contributed by atoms with Crippen LogP contribution in [-0.4, -0.2) is 31.5 Å². The standard InChI is InChI=1S/C26H27N7O/c1-16-9-30-33(12-16)13-19-4-5-20-14-32-15-21(8-22(32)10-28-24(20)7-19)26(34)29-11-23-17(2)6-25(27)31-18(23)3/h4-10,12,15H,11,13-14H2,1-3H3,(H2,27,31)(H,29,34). The zero-order chi connectivity index (χ0) is 23.8. The first-order chi connectivity index (χ1) is 16.4. The number of nitrogens with two attached hydrogens (primary N) is 1. The number of benzene rings is 1. The first kappa shape index (κ1) is 21.6. The van der Waals surface area contributed by atoms with Crippen LogP contribution in [0, 0.1) is 20.8 Å². The summed E-state index contributed by atoms with van der Waals surface area (Å²) < 4.78 is 3.98. The van der Waals surface area contributed by atoms with Gasteiger partial charge in [0, 0.05) is 31.2 Å². The van der Waals surface area contributed by atoms with E-state index in [9.17, 15) is 4.79 Å². The maximum Gasteiger partial charge on any atom is 0.253 e. The van der Waals surface area contributed by atoms with Crippen LogP contribution in [0.3, 0.4) is 0 Å². The number of hydrogen-bond acceptors (Lipinski definition) is 5. The number of nitrogens with zero attached hydrogens (tertiary/aromatic N) is 5. The summed E-state index contributed by atoms with van der Waals surface area (Å²) in [4.78, 5) is 21.9. The van der Waals surface area contributed by atoms with Crippen LogP contribution in [0.15, 0.2) is 53.9 Å². The van der Waals surface area contributed by atoms with Crippen LogP contribution in [0.5, 0.6) is 0 Å². The van der Waals surface area contributed by atoms with Gasteiger partial charge in [-0.1, -0.05) is 12.1 Å². The number of carbonyl (C=O) groups is 1. The van der Waals surface area contributed by atoms with E-state index in [2.05, 4.69) is 38.2 Å². The molecule has 0 spiro atoms. The highest BCUT2D eigenvalue weighted by Crippen LogP contribution is 2.26. The summed E-state index contributed by atoms with van der Waals surface area (Å²) in [5.74, 6) is 0.360. The lowest BCUT2D eigenvalue weighted by Gasteiger charge is -2.11. The maximum atomic E-state index is 12.9. The molecule has 0 atom stereocenters. The van der Waals surface area contributed by atoms with Crippen molar-refractivity contribution in [1.82, 2.24) is 24.6 Å². The van der Waals surface area contributed by atoms with E-state index in [4.69, 9.17) is 10.7 Å². The van der Waals surface area contributed by atoms with Gasteiger partial charge in [-0.2, -0.15) is 5.10 Å². The molecule has 3 aromatic heterocycles. The van der Waals surface area contributed by atoms with Gasteiger partial charge in [-0.15, -0.1) is 0 Å². The fourth-order valence-corrected chi connectivity index (χ4v) is 4.34. The molecule has 1 aromatic carbocycles. The van der Waals surface area contributed by atoms with Crippen molar-refractivity contribution in [2.24, 2.45) is 4.99 Å². The van der Waals surface area contributed by atoms with E-state index in [-0.39, 0.29) is 5.91 Å². The van der Waals surface area contributed by atoms with Gasteiger partial charge in [0.1, 0.15) is 5.82 Å². The first-order valence-electron chi connectivity index (χ1n) is 11.2. The molecule has 1 amide bonds. The average Bonchev–Trinajstić information content (AvgIpc) is 3.34. The Hall–Kier alpha value is -4.20. The van der Waals surface area contributed by atoms with Crippen LogP contribution >= 0.6 is 0 Å². The molecule has 0 saturated carbocycles. The van der Waals surface area contributed by atoms with Gasteiger partial charge in [0.05, 0.1) is 35.9 Å². The third-order valence-corrected chi connectivity index (χ3v) is 6.13. The zero-order valence-corrected chi connectivity index (χ0v) is 19.5. The van der Waals surface area contributed by atoms with Crippen molar-refractivity contribution in [2.75, 3.05) is 5.73 Å². The van der Waals surface area contributed by atoms with E-state index in [0.717, 1.165) is 44.9 Å². The van der Waals surface area contributed by atoms with Crippen LogP contribution in [0.1, 0.15) is 49.6 Å². The number of aliphatic imine (C=N–C) groups is 1. The van der Waals surface area contributed by atoms with Crippen LogP contribution in [0.25, 0.3) is 0 Å². The molecule has 0 radical (unpaired) electrons. The molecule has 5 rings (SSSR count). The Morgan fingerprint density at radius 2 is 2.00 bits per heavy atom. The van der Waals surface area contributed by atoms with Crippen LogP contribution in [0.2, 0.25) is 0 Å². The molecule has 8 nitrogen and oxygen atoms in total. The van der Waals surface area contributed by atoms with Crippen molar-refractivity contribution in [1.29, 1.82) is 0 Å². The van der Waals surface area contributed by atoms with Crippen LogP contribution < -0.4 is 11.1 Å². The molecular weight excluding hydrogens is 426 g/mol. The summed E-state index contributed by atoms with van der Waals surface area (Å²) in [7, 11) is 0. The van der Waals surface area contributed by atoms with Gasteiger partial charge in [-0.05, 0) is 66.8 Å². The lowest BCUT2D eigenvalue weighted by Crippen LogP contribution is -2.23. The molecule has 4 aromatic rings. The van der Waals surface area contributed by atoms with E-state index in [0.29, 0.717) is 31.0 Å². The first-order valence-corrected chi connectivity index (χ1v) is 11.2. The molecule has 0 aliphatic carbocycles. The number of pyridine rings is 1. The van der Waals surface area contributed by atoms with Crippen molar-refractivity contribution in [3.63, 3.8) is 0 Å². The number of aryl methyl sites for hydroxylation is 3. The number of rotatable bonds is 5. The van der Waals surface area contributed by atoms with Crippen molar-refractivity contribution >= 4 is 23.6 Å². The fourth-order valence-electron chi connectivity index (χ4n) is 4.34. The van der Waals surface area contributed by atoms with Crippen molar-refractivity contribution in [3.8, 4) is 0 Å². The minimum absolute atomic E-state index is 0.130. The minimum Gasteiger partial charge on any atom is -0.384 e. The zero-order valence-electron chi connectivity index (χ0n) is 19.5. The second-order valence-electron chi connectivity index (χ2n) is 8.83. The Morgan fingerprint density at radius 3 is 2.76 bits per heavy atom. The minimum atomic E-state index is -0.130. The Bertz CT molecular complexity index is 1400. The predicted octanol–water partition coefficient (Wildman–Crippen LogP) is 3.68. The Kier molecular flexibility index (Phi) is 5.49. The lowest BCUT2D eigenvalue weighted by atomic mass is 10.1. The third kappa shape index (κ3) is 4.34. The van der Waals surface area contributed by atoms with Crippen molar-refractivity contribution < 1.29 is 4.79 Å². The van der Waals surface area contributed by atoms with Gasteiger partial charge in [-0.3, -0.25) is 14.5 Å². The molecule has 172 valence electrons. The van der Waals surface area contributed by atoms with Gasteiger partial charge in [0.2, 0.25) is 0 Å². The summed E-state index contributed by atoms with van der Waals surface area (Å²) in [6.45, 7) is 7.67. The topological polar surface area (TPSA) is 103 Å². The van der Waals surface area contributed by atoms with Crippen LogP contribution in [-0.2, 0) is 19.6 Å². The number of hydrogen-bond donors (Lipinski definition) is 2. The summed E-state index contributed by atoms with van der Waals surface area (Å²) in [5.41, 5.74) is 14.5. The van der Waals surface area contributed by atoms with E-state index in [1.54, 1.807) is 0 Å². The number of carbonyl (C=O) groups excluding carboxylic acids is 1. The van der Waals surface area contributed by atoms with Gasteiger partial charge in [0.15, 0.2) is 0 Å². The Morgan fingerprint density at radius 1 is 1.15 bits per heavy atom. The summed E-state index contributed by atoms with van der Waals surface area (Å²) in [5, 5.41) is 7.37. The third-order valence-electron chi connectivity index (χ3n) is 6.13. The highest BCUT2D eigenvalue weighted by atomic mass is 16.1.